The molecule has 1 saturated heterocycles. The van der Waals surface area contributed by atoms with Crippen LogP contribution in [0.15, 0.2) is 52.5 Å². The van der Waals surface area contributed by atoms with Crippen molar-refractivity contribution in [3.05, 3.63) is 53.1 Å². The van der Waals surface area contributed by atoms with E-state index in [2.05, 4.69) is 19.1 Å². The Labute approximate surface area is 120 Å². The fourth-order valence-corrected chi connectivity index (χ4v) is 4.36. The Bertz CT molecular complexity index is 684. The van der Waals surface area contributed by atoms with Crippen molar-refractivity contribution in [2.45, 2.75) is 25.2 Å². The molecule has 0 aromatic heterocycles. The lowest BCUT2D eigenvalue weighted by Gasteiger charge is -2.15. The Morgan fingerprint density at radius 3 is 2.50 bits per heavy atom. The van der Waals surface area contributed by atoms with Gasteiger partial charge in [-0.1, -0.05) is 35.4 Å². The monoisotopic (exact) mass is 289 g/mol. The van der Waals surface area contributed by atoms with E-state index in [1.165, 1.54) is 11.1 Å². The maximum absolute atomic E-state index is 12.7. The highest BCUT2D eigenvalue weighted by Gasteiger charge is 2.36. The van der Waals surface area contributed by atoms with Gasteiger partial charge in [0.1, 0.15) is 0 Å². The third kappa shape index (κ3) is 2.23. The lowest BCUT2D eigenvalue weighted by Crippen LogP contribution is -2.28. The predicted octanol–water partition coefficient (Wildman–Crippen LogP) is 2.89. The van der Waals surface area contributed by atoms with Crippen molar-refractivity contribution in [1.29, 1.82) is 0 Å². The first kappa shape index (κ1) is 13.6. The summed E-state index contributed by atoms with van der Waals surface area (Å²) in [5, 5.41) is 0. The van der Waals surface area contributed by atoms with Crippen LogP contribution in [0.25, 0.3) is 0 Å². The average molecular weight is 289 g/mol. The van der Waals surface area contributed by atoms with Crippen LogP contribution in [-0.4, -0.2) is 25.8 Å². The summed E-state index contributed by atoms with van der Waals surface area (Å²) in [7, 11) is -3.37. The number of hydrogen-bond acceptors (Lipinski definition) is 2. The molecular formula is C16H19NO2S. The van der Waals surface area contributed by atoms with Crippen LogP contribution in [0.2, 0.25) is 0 Å². The molecule has 3 nitrogen and oxygen atoms in total. The largest absolute Gasteiger partial charge is 0.243 e. The number of hydrogen-bond donors (Lipinski definition) is 0. The molecule has 1 heterocycles. The van der Waals surface area contributed by atoms with Crippen molar-refractivity contribution in [2.24, 2.45) is 5.92 Å². The van der Waals surface area contributed by atoms with Crippen LogP contribution in [-0.2, 0) is 10.0 Å². The molecule has 0 saturated carbocycles. The SMILES string of the molecule is CC1=C2CN(S(=O)(=O)c3ccc(C)cc3)CC2C=CC1. The van der Waals surface area contributed by atoms with Crippen LogP contribution >= 0.6 is 0 Å². The Morgan fingerprint density at radius 1 is 1.15 bits per heavy atom. The Balaban J connectivity index is 1.92. The number of fused-ring (bicyclic) bond motifs is 1. The third-order valence-electron chi connectivity index (χ3n) is 4.19. The van der Waals surface area contributed by atoms with Crippen LogP contribution < -0.4 is 0 Å². The zero-order chi connectivity index (χ0) is 14.3. The first-order valence-electron chi connectivity index (χ1n) is 6.90. The fraction of sp³-hybridized carbons (Fsp3) is 0.375. The highest BCUT2D eigenvalue weighted by Crippen LogP contribution is 2.34. The van der Waals surface area contributed by atoms with Gasteiger partial charge < -0.3 is 0 Å². The molecule has 3 rings (SSSR count). The molecule has 0 spiro atoms. The highest BCUT2D eigenvalue weighted by atomic mass is 32.2. The van der Waals surface area contributed by atoms with Gasteiger partial charge in [0.25, 0.3) is 0 Å². The first-order valence-corrected chi connectivity index (χ1v) is 8.34. The van der Waals surface area contributed by atoms with E-state index in [1.807, 2.05) is 19.1 Å². The second kappa shape index (κ2) is 4.86. The molecule has 1 aromatic carbocycles. The van der Waals surface area contributed by atoms with Crippen molar-refractivity contribution < 1.29 is 8.42 Å². The normalized spacial score (nSPS) is 23.2. The molecule has 0 bridgehead atoms. The van der Waals surface area contributed by atoms with Gasteiger partial charge in [0.15, 0.2) is 0 Å². The Morgan fingerprint density at radius 2 is 1.85 bits per heavy atom. The van der Waals surface area contributed by atoms with E-state index in [4.69, 9.17) is 0 Å². The van der Waals surface area contributed by atoms with Crippen molar-refractivity contribution in [1.82, 2.24) is 4.31 Å². The molecule has 1 aliphatic heterocycles. The summed E-state index contributed by atoms with van der Waals surface area (Å²) in [4.78, 5) is 0.393. The molecule has 0 amide bonds. The van der Waals surface area contributed by atoms with E-state index >= 15 is 0 Å². The van der Waals surface area contributed by atoms with Crippen LogP contribution in [0.4, 0.5) is 0 Å². The molecule has 4 heteroatoms. The second-order valence-electron chi connectivity index (χ2n) is 5.65. The first-order chi connectivity index (χ1) is 9.48. The summed E-state index contributed by atoms with van der Waals surface area (Å²) >= 11 is 0. The van der Waals surface area contributed by atoms with Crippen LogP contribution in [0.5, 0.6) is 0 Å². The second-order valence-corrected chi connectivity index (χ2v) is 7.59. The number of nitrogens with zero attached hydrogens (tertiary/aromatic N) is 1. The summed E-state index contributed by atoms with van der Waals surface area (Å²) in [6, 6.07) is 7.09. The van der Waals surface area contributed by atoms with Gasteiger partial charge in [-0.3, -0.25) is 0 Å². The molecule has 1 unspecified atom stereocenters. The zero-order valence-electron chi connectivity index (χ0n) is 11.8. The molecule has 20 heavy (non-hydrogen) atoms. The maximum atomic E-state index is 12.7. The van der Waals surface area contributed by atoms with Crippen molar-refractivity contribution >= 4 is 10.0 Å². The summed E-state index contributed by atoms with van der Waals surface area (Å²) in [6.07, 6.45) is 5.24. The predicted molar refractivity (Wildman–Crippen MR) is 79.9 cm³/mol. The summed E-state index contributed by atoms with van der Waals surface area (Å²) in [5.74, 6) is 0.268. The number of rotatable bonds is 2. The quantitative estimate of drug-likeness (QED) is 0.785. The minimum Gasteiger partial charge on any atom is -0.207 e. The van der Waals surface area contributed by atoms with Gasteiger partial charge in [0, 0.05) is 19.0 Å². The molecule has 1 fully saturated rings. The van der Waals surface area contributed by atoms with Gasteiger partial charge in [-0.15, -0.1) is 0 Å². The Hall–Kier alpha value is -1.39. The smallest absolute Gasteiger partial charge is 0.207 e. The molecule has 0 N–H and O–H groups in total. The van der Waals surface area contributed by atoms with Crippen LogP contribution in [0, 0.1) is 12.8 Å². The lowest BCUT2D eigenvalue weighted by atomic mass is 9.91. The summed E-state index contributed by atoms with van der Waals surface area (Å²) in [5.41, 5.74) is 3.67. The number of sulfonamides is 1. The van der Waals surface area contributed by atoms with Crippen molar-refractivity contribution in [2.75, 3.05) is 13.1 Å². The van der Waals surface area contributed by atoms with E-state index < -0.39 is 10.0 Å². The van der Waals surface area contributed by atoms with Crippen molar-refractivity contribution in [3.63, 3.8) is 0 Å². The average Bonchev–Trinajstić information content (AvgIpc) is 2.85. The number of aryl methyl sites for hydroxylation is 1. The van der Waals surface area contributed by atoms with Gasteiger partial charge in [-0.05, 0) is 38.0 Å². The minimum absolute atomic E-state index is 0.268. The molecule has 0 radical (unpaired) electrons. The maximum Gasteiger partial charge on any atom is 0.243 e. The van der Waals surface area contributed by atoms with E-state index in [0.29, 0.717) is 18.0 Å². The van der Waals surface area contributed by atoms with Crippen molar-refractivity contribution in [3.8, 4) is 0 Å². The van der Waals surface area contributed by atoms with Gasteiger partial charge in [0.2, 0.25) is 10.0 Å². The molecular weight excluding hydrogens is 270 g/mol. The van der Waals surface area contributed by atoms with Gasteiger partial charge in [0.05, 0.1) is 4.90 Å². The van der Waals surface area contributed by atoms with Gasteiger partial charge in [-0.2, -0.15) is 4.31 Å². The molecule has 2 aliphatic rings. The summed E-state index contributed by atoms with van der Waals surface area (Å²) < 4.78 is 27.0. The van der Waals surface area contributed by atoms with E-state index in [0.717, 1.165) is 12.0 Å². The van der Waals surface area contributed by atoms with Gasteiger partial charge >= 0.3 is 0 Å². The highest BCUT2D eigenvalue weighted by molar-refractivity contribution is 7.89. The standard InChI is InChI=1S/C16H19NO2S/c1-12-6-8-15(9-7-12)20(18,19)17-10-14-5-3-4-13(2)16(14)11-17/h3,5-9,14H,4,10-11H2,1-2H3. The molecule has 1 atom stereocenters. The topological polar surface area (TPSA) is 37.4 Å². The molecule has 1 aromatic rings. The van der Waals surface area contributed by atoms with Crippen LogP contribution in [0.3, 0.4) is 0 Å². The Kier molecular flexibility index (Phi) is 3.30. The number of allylic oxidation sites excluding steroid dienone is 2. The third-order valence-corrected chi connectivity index (χ3v) is 6.02. The minimum atomic E-state index is -3.37. The summed E-state index contributed by atoms with van der Waals surface area (Å²) in [6.45, 7) is 5.17. The van der Waals surface area contributed by atoms with Gasteiger partial charge in [-0.25, -0.2) is 8.42 Å². The van der Waals surface area contributed by atoms with E-state index in [9.17, 15) is 8.42 Å². The molecule has 1 aliphatic carbocycles. The van der Waals surface area contributed by atoms with Crippen LogP contribution in [0.1, 0.15) is 18.9 Å². The molecule has 106 valence electrons. The van der Waals surface area contributed by atoms with E-state index in [-0.39, 0.29) is 5.92 Å². The van der Waals surface area contributed by atoms with E-state index in [1.54, 1.807) is 16.4 Å². The fourth-order valence-electron chi connectivity index (χ4n) is 2.91. The number of benzene rings is 1. The lowest BCUT2D eigenvalue weighted by molar-refractivity contribution is 0.471. The zero-order valence-corrected chi connectivity index (χ0v) is 12.7.